The summed E-state index contributed by atoms with van der Waals surface area (Å²) < 4.78 is 0. The van der Waals surface area contributed by atoms with E-state index in [1.807, 2.05) is 61.5 Å². The van der Waals surface area contributed by atoms with Crippen molar-refractivity contribution in [1.29, 1.82) is 0 Å². The highest BCUT2D eigenvalue weighted by Gasteiger charge is 2.15. The Morgan fingerprint density at radius 1 is 1.10 bits per heavy atom. The van der Waals surface area contributed by atoms with Crippen molar-refractivity contribution in [1.82, 2.24) is 4.90 Å². The van der Waals surface area contributed by atoms with E-state index < -0.39 is 0 Å². The van der Waals surface area contributed by atoms with E-state index in [2.05, 4.69) is 0 Å². The highest BCUT2D eigenvalue weighted by atomic mass is 16.2. The molecule has 0 saturated carbocycles. The Hall–Kier alpha value is -2.13. The number of nitrogens with two attached hydrogens (primary N) is 1. The van der Waals surface area contributed by atoms with Gasteiger partial charge >= 0.3 is 0 Å². The molecule has 0 heterocycles. The van der Waals surface area contributed by atoms with Crippen LogP contribution in [0.4, 0.5) is 0 Å². The summed E-state index contributed by atoms with van der Waals surface area (Å²) in [6.45, 7) is 3.60. The fraction of sp³-hybridized carbons (Fsp3) is 0.235. The molecule has 104 valence electrons. The Kier molecular flexibility index (Phi) is 4.91. The zero-order chi connectivity index (χ0) is 14.4. The molecule has 2 rings (SSSR count). The average molecular weight is 268 g/mol. The van der Waals surface area contributed by atoms with Gasteiger partial charge in [0.15, 0.2) is 0 Å². The van der Waals surface area contributed by atoms with E-state index in [9.17, 15) is 4.79 Å². The molecule has 3 nitrogen and oxygen atoms in total. The molecule has 0 aliphatic carbocycles. The summed E-state index contributed by atoms with van der Waals surface area (Å²) in [5.74, 6) is 0.0306. The van der Waals surface area contributed by atoms with Gasteiger partial charge in [0.2, 0.25) is 0 Å². The first kappa shape index (κ1) is 14.3. The van der Waals surface area contributed by atoms with Crippen molar-refractivity contribution in [2.45, 2.75) is 13.5 Å². The van der Waals surface area contributed by atoms with Crippen molar-refractivity contribution < 1.29 is 4.79 Å². The van der Waals surface area contributed by atoms with Crippen LogP contribution in [0.3, 0.4) is 0 Å². The third kappa shape index (κ3) is 3.68. The highest BCUT2D eigenvalue weighted by Crippen LogP contribution is 2.11. The van der Waals surface area contributed by atoms with Crippen LogP contribution in [0.2, 0.25) is 0 Å². The van der Waals surface area contributed by atoms with Crippen LogP contribution in [0, 0.1) is 6.92 Å². The van der Waals surface area contributed by atoms with Gasteiger partial charge in [-0.05, 0) is 24.6 Å². The molecule has 0 bridgehead atoms. The first-order valence-electron chi connectivity index (χ1n) is 6.80. The molecular formula is C17H20N2O. The van der Waals surface area contributed by atoms with E-state index in [1.54, 1.807) is 4.90 Å². The third-order valence-corrected chi connectivity index (χ3v) is 3.17. The molecule has 2 aromatic rings. The van der Waals surface area contributed by atoms with Crippen molar-refractivity contribution in [2.75, 3.05) is 13.1 Å². The van der Waals surface area contributed by atoms with Crippen molar-refractivity contribution in [2.24, 2.45) is 5.73 Å². The number of amides is 1. The topological polar surface area (TPSA) is 46.3 Å². The van der Waals surface area contributed by atoms with Crippen molar-refractivity contribution in [3.05, 3.63) is 71.3 Å². The molecule has 0 radical (unpaired) electrons. The lowest BCUT2D eigenvalue weighted by Crippen LogP contribution is -2.34. The molecule has 0 aliphatic heterocycles. The Balaban J connectivity index is 2.18. The predicted molar refractivity (Wildman–Crippen MR) is 81.4 cm³/mol. The van der Waals surface area contributed by atoms with E-state index >= 15 is 0 Å². The maximum Gasteiger partial charge on any atom is 0.254 e. The Morgan fingerprint density at radius 3 is 2.50 bits per heavy atom. The van der Waals surface area contributed by atoms with Gasteiger partial charge in [0, 0.05) is 25.2 Å². The molecule has 0 spiro atoms. The van der Waals surface area contributed by atoms with E-state index in [4.69, 9.17) is 5.73 Å². The lowest BCUT2D eigenvalue weighted by Gasteiger charge is -2.22. The summed E-state index contributed by atoms with van der Waals surface area (Å²) in [7, 11) is 0. The molecule has 1 amide bonds. The first-order chi connectivity index (χ1) is 9.70. The van der Waals surface area contributed by atoms with E-state index in [1.165, 1.54) is 0 Å². The van der Waals surface area contributed by atoms with Gasteiger partial charge in [-0.3, -0.25) is 4.79 Å². The minimum Gasteiger partial charge on any atom is -0.333 e. The largest absolute Gasteiger partial charge is 0.333 e. The summed E-state index contributed by atoms with van der Waals surface area (Å²) in [6, 6.07) is 17.6. The number of hydrogen-bond donors (Lipinski definition) is 1. The van der Waals surface area contributed by atoms with Crippen molar-refractivity contribution in [3.63, 3.8) is 0 Å². The number of rotatable bonds is 5. The van der Waals surface area contributed by atoms with Gasteiger partial charge in [-0.15, -0.1) is 0 Å². The number of carbonyl (C=O) groups excluding carboxylic acids is 1. The molecule has 2 aromatic carbocycles. The molecule has 0 unspecified atom stereocenters. The van der Waals surface area contributed by atoms with Crippen LogP contribution in [0.5, 0.6) is 0 Å². The van der Waals surface area contributed by atoms with Gasteiger partial charge in [0.1, 0.15) is 0 Å². The van der Waals surface area contributed by atoms with Gasteiger partial charge < -0.3 is 10.6 Å². The SMILES string of the molecule is Cc1cccc(C(=O)N(CCN)Cc2ccccc2)c1. The number of benzene rings is 2. The van der Waals surface area contributed by atoms with Crippen LogP contribution in [0.1, 0.15) is 21.5 Å². The number of hydrogen-bond acceptors (Lipinski definition) is 2. The molecule has 0 atom stereocenters. The maximum absolute atomic E-state index is 12.6. The van der Waals surface area contributed by atoms with Gasteiger partial charge in [0.05, 0.1) is 0 Å². The molecular weight excluding hydrogens is 248 g/mol. The smallest absolute Gasteiger partial charge is 0.254 e. The Morgan fingerprint density at radius 2 is 1.85 bits per heavy atom. The van der Waals surface area contributed by atoms with Crippen molar-refractivity contribution >= 4 is 5.91 Å². The molecule has 2 N–H and O–H groups in total. The number of aryl methyl sites for hydroxylation is 1. The molecule has 0 fully saturated rings. The van der Waals surface area contributed by atoms with Crippen molar-refractivity contribution in [3.8, 4) is 0 Å². The minimum absolute atomic E-state index is 0.0306. The van der Waals surface area contributed by atoms with Gasteiger partial charge in [-0.2, -0.15) is 0 Å². The fourth-order valence-corrected chi connectivity index (χ4v) is 2.17. The molecule has 0 aliphatic rings. The second kappa shape index (κ2) is 6.87. The van der Waals surface area contributed by atoms with Crippen LogP contribution >= 0.6 is 0 Å². The number of nitrogens with zero attached hydrogens (tertiary/aromatic N) is 1. The maximum atomic E-state index is 12.6. The lowest BCUT2D eigenvalue weighted by atomic mass is 10.1. The molecule has 0 saturated heterocycles. The summed E-state index contributed by atoms with van der Waals surface area (Å²) in [4.78, 5) is 14.4. The minimum atomic E-state index is 0.0306. The summed E-state index contributed by atoms with van der Waals surface area (Å²) >= 11 is 0. The molecule has 20 heavy (non-hydrogen) atoms. The summed E-state index contributed by atoms with van der Waals surface area (Å²) in [6.07, 6.45) is 0. The van der Waals surface area contributed by atoms with Crippen LogP contribution in [0.25, 0.3) is 0 Å². The van der Waals surface area contributed by atoms with Crippen LogP contribution in [-0.2, 0) is 6.54 Å². The van der Waals surface area contributed by atoms with E-state index in [0.717, 1.165) is 16.7 Å². The first-order valence-corrected chi connectivity index (χ1v) is 6.80. The normalized spacial score (nSPS) is 10.3. The summed E-state index contributed by atoms with van der Waals surface area (Å²) in [5, 5.41) is 0. The fourth-order valence-electron chi connectivity index (χ4n) is 2.17. The van der Waals surface area contributed by atoms with Crippen LogP contribution < -0.4 is 5.73 Å². The average Bonchev–Trinajstić information content (AvgIpc) is 2.47. The van der Waals surface area contributed by atoms with Gasteiger partial charge in [-0.25, -0.2) is 0 Å². The predicted octanol–water partition coefficient (Wildman–Crippen LogP) is 2.60. The van der Waals surface area contributed by atoms with Crippen LogP contribution in [-0.4, -0.2) is 23.9 Å². The van der Waals surface area contributed by atoms with E-state index in [0.29, 0.717) is 19.6 Å². The third-order valence-electron chi connectivity index (χ3n) is 3.17. The molecule has 3 heteroatoms. The second-order valence-electron chi connectivity index (χ2n) is 4.87. The quantitative estimate of drug-likeness (QED) is 0.906. The Labute approximate surface area is 120 Å². The molecule has 0 aromatic heterocycles. The zero-order valence-electron chi connectivity index (χ0n) is 11.8. The highest BCUT2D eigenvalue weighted by molar-refractivity contribution is 5.94. The lowest BCUT2D eigenvalue weighted by molar-refractivity contribution is 0.0748. The monoisotopic (exact) mass is 268 g/mol. The zero-order valence-corrected chi connectivity index (χ0v) is 11.8. The standard InChI is InChI=1S/C17H20N2O/c1-14-6-5-9-16(12-14)17(20)19(11-10-18)13-15-7-3-2-4-8-15/h2-9,12H,10-11,13,18H2,1H3. The second-order valence-corrected chi connectivity index (χ2v) is 4.87. The van der Waals surface area contributed by atoms with Gasteiger partial charge in [0.25, 0.3) is 5.91 Å². The van der Waals surface area contributed by atoms with Crippen LogP contribution in [0.15, 0.2) is 54.6 Å². The summed E-state index contributed by atoms with van der Waals surface area (Å²) in [5.41, 5.74) is 8.55. The van der Waals surface area contributed by atoms with E-state index in [-0.39, 0.29) is 5.91 Å². The number of carbonyl (C=O) groups is 1. The Bertz CT molecular complexity index is 566. The van der Waals surface area contributed by atoms with Gasteiger partial charge in [-0.1, -0.05) is 48.0 Å².